The van der Waals surface area contributed by atoms with Crippen LogP contribution in [0.25, 0.3) is 0 Å². The van der Waals surface area contributed by atoms with Gasteiger partial charge in [0.05, 0.1) is 12.6 Å². The lowest BCUT2D eigenvalue weighted by Gasteiger charge is -2.43. The minimum absolute atomic E-state index is 0.0131. The zero-order valence-corrected chi connectivity index (χ0v) is 23.0. The van der Waals surface area contributed by atoms with Gasteiger partial charge in [-0.05, 0) is 81.4 Å². The lowest BCUT2D eigenvalue weighted by Crippen LogP contribution is -2.48. The van der Waals surface area contributed by atoms with Gasteiger partial charge >= 0.3 is 6.09 Å². The standard InChI is InChI=1S/C33H41NO4/c1-4-19-34-22-33(38-31(34)37)18-16-29-27-15-13-24(21-28(27)30(36)25-10-6-5-7-11-25)20-26(35)14-12-23(2)9-8-17-32(29,33)3/h5-7,9-11,13,15,21,26,29,35H,4,8,12,14,16-20,22H2,1-3H3. The molecule has 3 aliphatic carbocycles. The molecule has 1 saturated heterocycles. The number of carbonyl (C=O) groups is 2. The Balaban J connectivity index is 1.63. The molecule has 0 aromatic heterocycles. The minimum atomic E-state index is -0.565. The zero-order chi connectivity index (χ0) is 26.9. The molecule has 1 aliphatic heterocycles. The number of ketones is 1. The summed E-state index contributed by atoms with van der Waals surface area (Å²) in [6.07, 6.45) is 8.01. The third-order valence-corrected chi connectivity index (χ3v) is 9.40. The van der Waals surface area contributed by atoms with E-state index in [-0.39, 0.29) is 23.2 Å². The zero-order valence-electron chi connectivity index (χ0n) is 23.0. The number of hydrogen-bond donors (Lipinski definition) is 1. The second-order valence-corrected chi connectivity index (χ2v) is 11.9. The number of ether oxygens (including phenoxy) is 1. The highest BCUT2D eigenvalue weighted by Crippen LogP contribution is 2.61. The van der Waals surface area contributed by atoms with Crippen LogP contribution in [-0.2, 0) is 11.2 Å². The van der Waals surface area contributed by atoms with Crippen molar-refractivity contribution >= 4 is 11.9 Å². The van der Waals surface area contributed by atoms with Gasteiger partial charge in [-0.2, -0.15) is 0 Å². The van der Waals surface area contributed by atoms with Gasteiger partial charge in [0, 0.05) is 23.1 Å². The topological polar surface area (TPSA) is 66.8 Å². The Morgan fingerprint density at radius 2 is 1.92 bits per heavy atom. The summed E-state index contributed by atoms with van der Waals surface area (Å²) in [5.41, 5.74) is 3.81. The van der Waals surface area contributed by atoms with Gasteiger partial charge in [0.1, 0.15) is 5.60 Å². The lowest BCUT2D eigenvalue weighted by molar-refractivity contribution is -0.0373. The van der Waals surface area contributed by atoms with Crippen molar-refractivity contribution in [3.05, 3.63) is 82.4 Å². The van der Waals surface area contributed by atoms with Crippen LogP contribution < -0.4 is 0 Å². The Kier molecular flexibility index (Phi) is 7.50. The highest BCUT2D eigenvalue weighted by atomic mass is 16.6. The van der Waals surface area contributed by atoms with E-state index in [0.29, 0.717) is 37.1 Å². The average Bonchev–Trinajstić information content (AvgIpc) is 3.38. The number of hydrogen-bond acceptors (Lipinski definition) is 4. The molecule has 2 bridgehead atoms. The third kappa shape index (κ3) is 4.82. The van der Waals surface area contributed by atoms with E-state index in [1.54, 1.807) is 0 Å². The van der Waals surface area contributed by atoms with Gasteiger partial charge in [0.2, 0.25) is 0 Å². The Morgan fingerprint density at radius 3 is 2.68 bits per heavy atom. The van der Waals surface area contributed by atoms with Gasteiger partial charge in [0.25, 0.3) is 0 Å². The number of nitrogens with zero attached hydrogens (tertiary/aromatic N) is 1. The molecule has 0 radical (unpaired) electrons. The predicted molar refractivity (Wildman–Crippen MR) is 149 cm³/mol. The van der Waals surface area contributed by atoms with Gasteiger partial charge in [-0.3, -0.25) is 4.79 Å². The first-order chi connectivity index (χ1) is 18.3. The summed E-state index contributed by atoms with van der Waals surface area (Å²) >= 11 is 0. The van der Waals surface area contributed by atoms with Crippen molar-refractivity contribution in [3.8, 4) is 0 Å². The van der Waals surface area contributed by atoms with E-state index in [2.05, 4.69) is 39.0 Å². The second kappa shape index (κ2) is 10.7. The predicted octanol–water partition coefficient (Wildman–Crippen LogP) is 6.83. The van der Waals surface area contributed by atoms with Crippen molar-refractivity contribution in [2.75, 3.05) is 13.1 Å². The average molecular weight is 516 g/mol. The smallest absolute Gasteiger partial charge is 0.410 e. The molecular weight excluding hydrogens is 474 g/mol. The molecule has 1 heterocycles. The van der Waals surface area contributed by atoms with Crippen LogP contribution in [0, 0.1) is 5.41 Å². The molecule has 2 aromatic carbocycles. The maximum Gasteiger partial charge on any atom is 0.410 e. The molecule has 38 heavy (non-hydrogen) atoms. The molecule has 4 atom stereocenters. The highest BCUT2D eigenvalue weighted by molar-refractivity contribution is 6.10. The van der Waals surface area contributed by atoms with Gasteiger partial charge in [0.15, 0.2) is 5.78 Å². The van der Waals surface area contributed by atoms with Crippen LogP contribution >= 0.6 is 0 Å². The van der Waals surface area contributed by atoms with Crippen LogP contribution in [0.2, 0.25) is 0 Å². The van der Waals surface area contributed by atoms with E-state index in [1.165, 1.54) is 5.57 Å². The normalized spacial score (nSPS) is 29.6. The van der Waals surface area contributed by atoms with Gasteiger partial charge in [-0.1, -0.05) is 68.0 Å². The molecule has 1 spiro atoms. The fourth-order valence-electron chi connectivity index (χ4n) is 7.17. The molecule has 1 saturated carbocycles. The van der Waals surface area contributed by atoms with Gasteiger partial charge in [-0.15, -0.1) is 0 Å². The first-order valence-electron chi connectivity index (χ1n) is 14.3. The number of carbonyl (C=O) groups excluding carboxylic acids is 2. The summed E-state index contributed by atoms with van der Waals surface area (Å²) in [5, 5.41) is 10.8. The number of benzene rings is 2. The van der Waals surface area contributed by atoms with E-state index >= 15 is 0 Å². The number of fused-ring (bicyclic) bond motifs is 8. The molecule has 5 nitrogen and oxygen atoms in total. The Labute approximate surface area is 226 Å². The molecule has 1 amide bonds. The molecule has 4 unspecified atom stereocenters. The van der Waals surface area contributed by atoms with Crippen molar-refractivity contribution in [1.29, 1.82) is 0 Å². The molecule has 5 heteroatoms. The maximum atomic E-state index is 13.9. The fraction of sp³-hybridized carbons (Fsp3) is 0.515. The number of rotatable bonds is 4. The Morgan fingerprint density at radius 1 is 1.13 bits per heavy atom. The summed E-state index contributed by atoms with van der Waals surface area (Å²) in [6.45, 7) is 7.84. The monoisotopic (exact) mass is 515 g/mol. The van der Waals surface area contributed by atoms with Crippen LogP contribution in [0.15, 0.2) is 60.2 Å². The van der Waals surface area contributed by atoms with E-state index < -0.39 is 11.7 Å². The first kappa shape index (κ1) is 26.7. The van der Waals surface area contributed by atoms with Crippen LogP contribution in [0.3, 0.4) is 0 Å². The van der Waals surface area contributed by atoms with Crippen molar-refractivity contribution in [2.24, 2.45) is 5.41 Å². The molecular formula is C33H41NO4. The van der Waals surface area contributed by atoms with Crippen LogP contribution in [0.1, 0.15) is 98.7 Å². The van der Waals surface area contributed by atoms with E-state index in [1.807, 2.05) is 41.3 Å². The third-order valence-electron chi connectivity index (χ3n) is 9.40. The number of allylic oxidation sites excluding steroid dienone is 2. The summed E-state index contributed by atoms with van der Waals surface area (Å²) < 4.78 is 6.33. The molecule has 4 aliphatic rings. The van der Waals surface area contributed by atoms with E-state index in [4.69, 9.17) is 4.74 Å². The SMILES string of the molecule is CCCN1CC2(CCC3c4ccc(cc4C(=O)c4ccccc4)CC(O)CCC(C)=CCCC32C)OC1=O. The molecule has 1 N–H and O–H groups in total. The summed E-state index contributed by atoms with van der Waals surface area (Å²) in [7, 11) is 0. The highest BCUT2D eigenvalue weighted by Gasteiger charge is 2.63. The Hall–Kier alpha value is -2.92. The largest absolute Gasteiger partial charge is 0.440 e. The summed E-state index contributed by atoms with van der Waals surface area (Å²) in [6, 6.07) is 15.7. The summed E-state index contributed by atoms with van der Waals surface area (Å²) in [5.74, 6) is 0.0919. The maximum absolute atomic E-state index is 13.9. The van der Waals surface area contributed by atoms with Crippen molar-refractivity contribution in [1.82, 2.24) is 4.90 Å². The lowest BCUT2D eigenvalue weighted by atomic mass is 9.64. The van der Waals surface area contributed by atoms with Crippen LogP contribution in [0.4, 0.5) is 4.79 Å². The minimum Gasteiger partial charge on any atom is -0.440 e. The van der Waals surface area contributed by atoms with Crippen molar-refractivity contribution in [3.63, 3.8) is 0 Å². The first-order valence-corrected chi connectivity index (χ1v) is 14.3. The molecule has 202 valence electrons. The molecule has 6 rings (SSSR count). The quantitative estimate of drug-likeness (QED) is 0.358. The number of amides is 1. The molecule has 2 fully saturated rings. The van der Waals surface area contributed by atoms with Gasteiger partial charge < -0.3 is 14.7 Å². The fourth-order valence-corrected chi connectivity index (χ4v) is 7.17. The van der Waals surface area contributed by atoms with Crippen molar-refractivity contribution in [2.45, 2.75) is 89.8 Å². The molecule has 2 aromatic rings. The van der Waals surface area contributed by atoms with E-state index in [9.17, 15) is 14.7 Å². The van der Waals surface area contributed by atoms with E-state index in [0.717, 1.165) is 49.7 Å². The second-order valence-electron chi connectivity index (χ2n) is 11.9. The summed E-state index contributed by atoms with van der Waals surface area (Å²) in [4.78, 5) is 28.8. The van der Waals surface area contributed by atoms with Crippen LogP contribution in [-0.4, -0.2) is 46.7 Å². The van der Waals surface area contributed by atoms with Crippen molar-refractivity contribution < 1.29 is 19.4 Å². The Bertz CT molecular complexity index is 1220. The number of aliphatic hydroxyl groups excluding tert-OH is 1. The van der Waals surface area contributed by atoms with Gasteiger partial charge in [-0.25, -0.2) is 4.79 Å². The van der Waals surface area contributed by atoms with Crippen LogP contribution in [0.5, 0.6) is 0 Å². The number of aliphatic hydroxyl groups is 1.